The number of pyridine rings is 1. The van der Waals surface area contributed by atoms with Crippen molar-refractivity contribution in [2.75, 3.05) is 31.6 Å². The second kappa shape index (κ2) is 7.90. The molecule has 0 aromatic carbocycles. The van der Waals surface area contributed by atoms with E-state index in [1.54, 1.807) is 31.8 Å². The van der Waals surface area contributed by atoms with Crippen molar-refractivity contribution < 1.29 is 9.53 Å². The lowest BCUT2D eigenvalue weighted by Crippen LogP contribution is -2.48. The van der Waals surface area contributed by atoms with Crippen LogP contribution in [0.4, 0.5) is 5.95 Å². The summed E-state index contributed by atoms with van der Waals surface area (Å²) in [5, 5.41) is 0. The number of aromatic nitrogens is 3. The van der Waals surface area contributed by atoms with Crippen molar-refractivity contribution >= 4 is 11.9 Å². The zero-order valence-corrected chi connectivity index (χ0v) is 15.6. The Morgan fingerprint density at radius 1 is 1.22 bits per heavy atom. The second-order valence-corrected chi connectivity index (χ2v) is 7.26. The van der Waals surface area contributed by atoms with Gasteiger partial charge in [-0.25, -0.2) is 4.98 Å². The molecule has 3 heterocycles. The van der Waals surface area contributed by atoms with Gasteiger partial charge < -0.3 is 14.5 Å². The lowest BCUT2D eigenvalue weighted by molar-refractivity contribution is 0.0637. The van der Waals surface area contributed by atoms with Gasteiger partial charge in [-0.3, -0.25) is 9.78 Å². The fourth-order valence-electron chi connectivity index (χ4n) is 3.61. The van der Waals surface area contributed by atoms with Crippen LogP contribution in [0.25, 0.3) is 0 Å². The lowest BCUT2D eigenvalue weighted by atomic mass is 10.0. The molecular weight excluding hydrogens is 342 g/mol. The molecule has 2 fully saturated rings. The molecule has 0 spiro atoms. The van der Waals surface area contributed by atoms with E-state index in [-0.39, 0.29) is 11.9 Å². The minimum Gasteiger partial charge on any atom is -0.481 e. The van der Waals surface area contributed by atoms with Gasteiger partial charge >= 0.3 is 0 Å². The van der Waals surface area contributed by atoms with Crippen molar-refractivity contribution in [2.24, 2.45) is 5.92 Å². The van der Waals surface area contributed by atoms with E-state index < -0.39 is 0 Å². The molecule has 7 heteroatoms. The van der Waals surface area contributed by atoms with E-state index in [9.17, 15) is 4.79 Å². The van der Waals surface area contributed by atoms with Gasteiger partial charge in [-0.2, -0.15) is 4.98 Å². The molecule has 4 rings (SSSR count). The van der Waals surface area contributed by atoms with Gasteiger partial charge in [0.25, 0.3) is 5.91 Å². The SMILES string of the molecule is COc1ccnc(N2CCC(N(CC3CC3)C(=O)c3cccnc3)CC2)n1. The molecule has 2 aromatic rings. The molecule has 0 unspecified atom stereocenters. The molecule has 1 aliphatic carbocycles. The van der Waals surface area contributed by atoms with E-state index in [0.29, 0.717) is 23.3 Å². The third kappa shape index (κ3) is 4.18. The van der Waals surface area contributed by atoms with Crippen molar-refractivity contribution in [3.63, 3.8) is 0 Å². The van der Waals surface area contributed by atoms with Crippen LogP contribution < -0.4 is 9.64 Å². The van der Waals surface area contributed by atoms with Gasteiger partial charge in [0.2, 0.25) is 11.8 Å². The van der Waals surface area contributed by atoms with E-state index in [0.717, 1.165) is 32.5 Å². The van der Waals surface area contributed by atoms with Crippen molar-refractivity contribution in [2.45, 2.75) is 31.7 Å². The maximum atomic E-state index is 13.1. The molecule has 0 radical (unpaired) electrons. The number of hydrogen-bond donors (Lipinski definition) is 0. The second-order valence-electron chi connectivity index (χ2n) is 7.26. The van der Waals surface area contributed by atoms with Crippen molar-refractivity contribution in [3.05, 3.63) is 42.4 Å². The number of carbonyl (C=O) groups excluding carboxylic acids is 1. The Balaban J connectivity index is 1.44. The minimum absolute atomic E-state index is 0.103. The first-order valence-corrected chi connectivity index (χ1v) is 9.57. The highest BCUT2D eigenvalue weighted by atomic mass is 16.5. The Hall–Kier alpha value is -2.70. The summed E-state index contributed by atoms with van der Waals surface area (Å²) >= 11 is 0. The summed E-state index contributed by atoms with van der Waals surface area (Å²) in [5.74, 6) is 2.03. The number of anilines is 1. The highest BCUT2D eigenvalue weighted by Crippen LogP contribution is 2.32. The first kappa shape index (κ1) is 17.7. The molecule has 2 aliphatic rings. The van der Waals surface area contributed by atoms with E-state index in [1.165, 1.54) is 12.8 Å². The van der Waals surface area contributed by atoms with Crippen LogP contribution in [0.5, 0.6) is 5.88 Å². The van der Waals surface area contributed by atoms with Crippen LogP contribution in [0.2, 0.25) is 0 Å². The van der Waals surface area contributed by atoms with Crippen molar-refractivity contribution in [1.82, 2.24) is 19.9 Å². The smallest absolute Gasteiger partial charge is 0.255 e. The Bertz CT molecular complexity index is 773. The maximum Gasteiger partial charge on any atom is 0.255 e. The number of piperidine rings is 1. The van der Waals surface area contributed by atoms with E-state index in [4.69, 9.17) is 4.74 Å². The molecule has 1 amide bonds. The summed E-state index contributed by atoms with van der Waals surface area (Å²) < 4.78 is 5.20. The van der Waals surface area contributed by atoms with Gasteiger partial charge in [-0.1, -0.05) is 0 Å². The molecule has 1 aliphatic heterocycles. The number of ether oxygens (including phenoxy) is 1. The van der Waals surface area contributed by atoms with Crippen LogP contribution in [-0.4, -0.2) is 58.5 Å². The van der Waals surface area contributed by atoms with Gasteiger partial charge in [-0.15, -0.1) is 0 Å². The minimum atomic E-state index is 0.103. The van der Waals surface area contributed by atoms with Crippen molar-refractivity contribution in [3.8, 4) is 5.88 Å². The Morgan fingerprint density at radius 3 is 2.70 bits per heavy atom. The number of nitrogens with zero attached hydrogens (tertiary/aromatic N) is 5. The fourth-order valence-corrected chi connectivity index (χ4v) is 3.61. The summed E-state index contributed by atoms with van der Waals surface area (Å²) in [6.07, 6.45) is 9.38. The molecule has 0 atom stereocenters. The topological polar surface area (TPSA) is 71.5 Å². The number of methoxy groups -OCH3 is 1. The molecule has 1 saturated heterocycles. The molecular formula is C20H25N5O2. The van der Waals surface area contributed by atoms with Crippen molar-refractivity contribution in [1.29, 1.82) is 0 Å². The van der Waals surface area contributed by atoms with Crippen LogP contribution in [0.3, 0.4) is 0 Å². The Labute approximate surface area is 159 Å². The summed E-state index contributed by atoms with van der Waals surface area (Å²) in [7, 11) is 1.61. The zero-order valence-electron chi connectivity index (χ0n) is 15.6. The summed E-state index contributed by atoms with van der Waals surface area (Å²) in [6.45, 7) is 2.52. The Kier molecular flexibility index (Phi) is 5.18. The van der Waals surface area contributed by atoms with E-state index in [2.05, 4.69) is 24.8 Å². The summed E-state index contributed by atoms with van der Waals surface area (Å²) in [6, 6.07) is 5.68. The quantitative estimate of drug-likeness (QED) is 0.781. The van der Waals surface area contributed by atoms with Gasteiger partial charge in [-0.05, 0) is 43.7 Å². The molecule has 2 aromatic heterocycles. The van der Waals surface area contributed by atoms with Gasteiger partial charge in [0.15, 0.2) is 0 Å². The van der Waals surface area contributed by atoms with Gasteiger partial charge in [0, 0.05) is 50.3 Å². The highest BCUT2D eigenvalue weighted by molar-refractivity contribution is 5.94. The largest absolute Gasteiger partial charge is 0.481 e. The van der Waals surface area contributed by atoms with Gasteiger partial charge in [0.05, 0.1) is 12.7 Å². The van der Waals surface area contributed by atoms with Gasteiger partial charge in [0.1, 0.15) is 0 Å². The number of rotatable bonds is 6. The fraction of sp³-hybridized carbons (Fsp3) is 0.500. The number of amides is 1. The summed E-state index contributed by atoms with van der Waals surface area (Å²) in [4.78, 5) is 30.2. The molecule has 1 saturated carbocycles. The predicted molar refractivity (Wildman–Crippen MR) is 102 cm³/mol. The lowest BCUT2D eigenvalue weighted by Gasteiger charge is -2.38. The molecule has 0 bridgehead atoms. The van der Waals surface area contributed by atoms with Crippen LogP contribution in [-0.2, 0) is 0 Å². The first-order chi connectivity index (χ1) is 13.2. The van der Waals surface area contributed by atoms with E-state index in [1.807, 2.05) is 12.1 Å². The zero-order chi connectivity index (χ0) is 18.6. The monoisotopic (exact) mass is 367 g/mol. The average molecular weight is 367 g/mol. The summed E-state index contributed by atoms with van der Waals surface area (Å²) in [5.41, 5.74) is 0.678. The average Bonchev–Trinajstić information content (AvgIpc) is 3.57. The standard InChI is InChI=1S/C20H25N5O2/c1-27-18-6-10-22-20(23-18)24-11-7-17(8-12-24)25(14-15-4-5-15)19(26)16-3-2-9-21-13-16/h2-3,6,9-10,13,15,17H,4-5,7-8,11-12,14H2,1H3. The van der Waals surface area contributed by atoms with Crippen LogP contribution >= 0.6 is 0 Å². The van der Waals surface area contributed by atoms with Crippen LogP contribution in [0.15, 0.2) is 36.8 Å². The normalized spacial score (nSPS) is 17.6. The number of hydrogen-bond acceptors (Lipinski definition) is 6. The third-order valence-corrected chi connectivity index (χ3v) is 5.34. The van der Waals surface area contributed by atoms with Crippen LogP contribution in [0, 0.1) is 5.92 Å². The molecule has 142 valence electrons. The van der Waals surface area contributed by atoms with Crippen LogP contribution in [0.1, 0.15) is 36.0 Å². The predicted octanol–water partition coefficient (Wildman–Crippen LogP) is 2.40. The highest BCUT2D eigenvalue weighted by Gasteiger charge is 2.34. The first-order valence-electron chi connectivity index (χ1n) is 9.57. The third-order valence-electron chi connectivity index (χ3n) is 5.34. The molecule has 7 nitrogen and oxygen atoms in total. The van der Waals surface area contributed by atoms with E-state index >= 15 is 0 Å². The Morgan fingerprint density at radius 2 is 2.04 bits per heavy atom. The molecule has 0 N–H and O–H groups in total. The molecule has 27 heavy (non-hydrogen) atoms. The number of carbonyl (C=O) groups is 1. The maximum absolute atomic E-state index is 13.1.